The van der Waals surface area contributed by atoms with E-state index in [1.807, 2.05) is 37.3 Å². The second kappa shape index (κ2) is 8.27. The summed E-state index contributed by atoms with van der Waals surface area (Å²) in [7, 11) is 0. The second-order valence-electron chi connectivity index (χ2n) is 6.52. The number of hydrogen-bond donors (Lipinski definition) is 3. The van der Waals surface area contributed by atoms with Crippen LogP contribution < -0.4 is 16.0 Å². The first-order valence-corrected chi connectivity index (χ1v) is 9.61. The zero-order valence-corrected chi connectivity index (χ0v) is 15.6. The fraction of sp³-hybridized carbons (Fsp3) is 0.444. The van der Waals surface area contributed by atoms with E-state index < -0.39 is 5.54 Å². The Morgan fingerprint density at radius 3 is 2.50 bits per heavy atom. The number of benzene rings is 1. The predicted molar refractivity (Wildman–Crippen MR) is 101 cm³/mol. The van der Waals surface area contributed by atoms with E-state index in [2.05, 4.69) is 26.1 Å². The molecule has 7 nitrogen and oxygen atoms in total. The largest absolute Gasteiger partial charge is 0.334 e. The van der Waals surface area contributed by atoms with Gasteiger partial charge in [0.05, 0.1) is 0 Å². The van der Waals surface area contributed by atoms with E-state index in [1.165, 1.54) is 11.3 Å². The third kappa shape index (κ3) is 4.57. The molecular weight excluding hydrogens is 350 g/mol. The number of rotatable bonds is 5. The molecule has 0 aliphatic heterocycles. The summed E-state index contributed by atoms with van der Waals surface area (Å²) in [5.41, 5.74) is 0.104. The minimum Gasteiger partial charge on any atom is -0.334 e. The van der Waals surface area contributed by atoms with E-state index in [0.717, 1.165) is 29.8 Å². The highest BCUT2D eigenvalue weighted by Crippen LogP contribution is 2.30. The Labute approximate surface area is 156 Å². The molecule has 26 heavy (non-hydrogen) atoms. The van der Waals surface area contributed by atoms with Crippen molar-refractivity contribution in [2.75, 3.05) is 5.32 Å². The third-order valence-electron chi connectivity index (χ3n) is 4.54. The van der Waals surface area contributed by atoms with Crippen molar-refractivity contribution in [2.45, 2.75) is 51.1 Å². The van der Waals surface area contributed by atoms with Crippen LogP contribution in [0.3, 0.4) is 0 Å². The highest BCUT2D eigenvalue weighted by atomic mass is 32.1. The van der Waals surface area contributed by atoms with Gasteiger partial charge in [0.1, 0.15) is 10.5 Å². The number of nitrogens with zero attached hydrogens (tertiary/aromatic N) is 2. The Kier molecular flexibility index (Phi) is 5.82. The van der Waals surface area contributed by atoms with Crippen molar-refractivity contribution in [1.82, 2.24) is 20.8 Å². The highest BCUT2D eigenvalue weighted by molar-refractivity contribution is 7.15. The topological polar surface area (TPSA) is 96.0 Å². The summed E-state index contributed by atoms with van der Waals surface area (Å²) in [6.07, 6.45) is 4.12. The number of hydrogen-bond acceptors (Lipinski definition) is 5. The zero-order chi connectivity index (χ0) is 18.4. The van der Waals surface area contributed by atoms with E-state index >= 15 is 0 Å². The molecule has 1 fully saturated rings. The Hall–Kier alpha value is -2.48. The van der Waals surface area contributed by atoms with Gasteiger partial charge < -0.3 is 10.6 Å². The molecule has 3 rings (SSSR count). The van der Waals surface area contributed by atoms with Crippen LogP contribution in [0.5, 0.6) is 0 Å². The molecule has 1 aliphatic carbocycles. The second-order valence-corrected chi connectivity index (χ2v) is 7.70. The lowest BCUT2D eigenvalue weighted by Gasteiger charge is -2.36. The molecule has 3 amide bonds. The lowest BCUT2D eigenvalue weighted by atomic mass is 9.81. The van der Waals surface area contributed by atoms with Gasteiger partial charge in [0.15, 0.2) is 0 Å². The number of amides is 3. The normalized spacial score (nSPS) is 15.9. The first-order chi connectivity index (χ1) is 12.6. The van der Waals surface area contributed by atoms with E-state index in [0.29, 0.717) is 24.5 Å². The quantitative estimate of drug-likeness (QED) is 0.751. The molecule has 3 N–H and O–H groups in total. The van der Waals surface area contributed by atoms with E-state index in [1.54, 1.807) is 0 Å². The summed E-state index contributed by atoms with van der Waals surface area (Å²) in [5.74, 6) is -0.219. The molecule has 0 radical (unpaired) electrons. The van der Waals surface area contributed by atoms with Gasteiger partial charge in [0, 0.05) is 6.54 Å². The minimum atomic E-state index is -0.904. The third-order valence-corrected chi connectivity index (χ3v) is 5.29. The molecule has 1 aliphatic rings. The molecule has 2 aromatic rings. The first kappa shape index (κ1) is 18.3. The van der Waals surface area contributed by atoms with Crippen molar-refractivity contribution in [3.05, 3.63) is 40.9 Å². The number of anilines is 1. The van der Waals surface area contributed by atoms with Crippen LogP contribution in [0.1, 0.15) is 42.7 Å². The standard InChI is InChI=1S/C18H23N5O2S/c1-13-22-23-17(26-13)20-15(24)18(10-6-3-7-11-18)21-16(25)19-12-14-8-4-2-5-9-14/h2,4-5,8-9H,3,6-7,10-12H2,1H3,(H2,19,21,25)(H,20,23,24). The van der Waals surface area contributed by atoms with Crippen molar-refractivity contribution < 1.29 is 9.59 Å². The van der Waals surface area contributed by atoms with Gasteiger partial charge in [-0.3, -0.25) is 10.1 Å². The maximum Gasteiger partial charge on any atom is 0.315 e. The summed E-state index contributed by atoms with van der Waals surface area (Å²) in [5, 5.41) is 17.7. The molecule has 8 heteroatoms. The van der Waals surface area contributed by atoms with Crippen molar-refractivity contribution >= 4 is 28.4 Å². The van der Waals surface area contributed by atoms with Crippen LogP contribution >= 0.6 is 11.3 Å². The SMILES string of the molecule is Cc1nnc(NC(=O)C2(NC(=O)NCc3ccccc3)CCCCC2)s1. The number of nitrogens with one attached hydrogen (secondary N) is 3. The molecule has 1 aromatic carbocycles. The van der Waals surface area contributed by atoms with Gasteiger partial charge in [-0.15, -0.1) is 10.2 Å². The Bertz CT molecular complexity index is 756. The van der Waals surface area contributed by atoms with Crippen molar-refractivity contribution in [3.8, 4) is 0 Å². The van der Waals surface area contributed by atoms with Crippen LogP contribution in [0.25, 0.3) is 0 Å². The molecule has 1 saturated carbocycles. The Balaban J connectivity index is 1.64. The zero-order valence-electron chi connectivity index (χ0n) is 14.7. The number of urea groups is 1. The van der Waals surface area contributed by atoms with E-state index in [9.17, 15) is 9.59 Å². The van der Waals surface area contributed by atoms with Crippen LogP contribution in [-0.4, -0.2) is 27.7 Å². The molecule has 1 aromatic heterocycles. The van der Waals surface area contributed by atoms with Crippen molar-refractivity contribution in [2.24, 2.45) is 0 Å². The van der Waals surface area contributed by atoms with Gasteiger partial charge in [0.25, 0.3) is 5.91 Å². The Morgan fingerprint density at radius 1 is 1.12 bits per heavy atom. The number of carbonyl (C=O) groups excluding carboxylic acids is 2. The highest BCUT2D eigenvalue weighted by Gasteiger charge is 2.41. The van der Waals surface area contributed by atoms with Gasteiger partial charge in [-0.05, 0) is 25.3 Å². The van der Waals surface area contributed by atoms with Crippen molar-refractivity contribution in [3.63, 3.8) is 0 Å². The molecular formula is C18H23N5O2S. The van der Waals surface area contributed by atoms with Gasteiger partial charge >= 0.3 is 6.03 Å². The molecule has 1 heterocycles. The summed E-state index contributed by atoms with van der Waals surface area (Å²) in [6.45, 7) is 2.25. The van der Waals surface area contributed by atoms with E-state index in [4.69, 9.17) is 0 Å². The lowest BCUT2D eigenvalue weighted by molar-refractivity contribution is -0.123. The Morgan fingerprint density at radius 2 is 1.85 bits per heavy atom. The minimum absolute atomic E-state index is 0.219. The predicted octanol–water partition coefficient (Wildman–Crippen LogP) is 2.99. The molecule has 138 valence electrons. The fourth-order valence-electron chi connectivity index (χ4n) is 3.17. The number of carbonyl (C=O) groups is 2. The number of aromatic nitrogens is 2. The monoisotopic (exact) mass is 373 g/mol. The molecule has 0 unspecified atom stereocenters. The summed E-state index contributed by atoms with van der Waals surface area (Å²) >= 11 is 1.32. The molecule has 0 saturated heterocycles. The average molecular weight is 373 g/mol. The molecule has 0 atom stereocenters. The summed E-state index contributed by atoms with van der Waals surface area (Å²) in [4.78, 5) is 25.3. The van der Waals surface area contributed by atoms with Gasteiger partial charge in [0.2, 0.25) is 5.13 Å². The number of aryl methyl sites for hydroxylation is 1. The smallest absolute Gasteiger partial charge is 0.315 e. The molecule has 0 bridgehead atoms. The maximum atomic E-state index is 12.9. The summed E-state index contributed by atoms with van der Waals surface area (Å²) < 4.78 is 0. The van der Waals surface area contributed by atoms with Crippen LogP contribution in [-0.2, 0) is 11.3 Å². The van der Waals surface area contributed by atoms with E-state index in [-0.39, 0.29) is 11.9 Å². The van der Waals surface area contributed by atoms with Crippen molar-refractivity contribution in [1.29, 1.82) is 0 Å². The van der Waals surface area contributed by atoms with Crippen LogP contribution in [0.15, 0.2) is 30.3 Å². The molecule has 0 spiro atoms. The first-order valence-electron chi connectivity index (χ1n) is 8.79. The van der Waals surface area contributed by atoms with Crippen LogP contribution in [0.2, 0.25) is 0 Å². The summed E-state index contributed by atoms with van der Waals surface area (Å²) in [6, 6.07) is 9.34. The van der Waals surface area contributed by atoms with Crippen LogP contribution in [0, 0.1) is 6.92 Å². The fourth-order valence-corrected chi connectivity index (χ4v) is 3.75. The van der Waals surface area contributed by atoms with Gasteiger partial charge in [-0.2, -0.15) is 0 Å². The lowest BCUT2D eigenvalue weighted by Crippen LogP contribution is -2.59. The maximum absolute atomic E-state index is 12.9. The van der Waals surface area contributed by atoms with Crippen LogP contribution in [0.4, 0.5) is 9.93 Å². The average Bonchev–Trinajstić information content (AvgIpc) is 3.06. The van der Waals surface area contributed by atoms with Gasteiger partial charge in [-0.25, -0.2) is 4.79 Å². The van der Waals surface area contributed by atoms with Gasteiger partial charge in [-0.1, -0.05) is 60.9 Å².